The highest BCUT2D eigenvalue weighted by Gasteiger charge is 2.10. The summed E-state index contributed by atoms with van der Waals surface area (Å²) in [7, 11) is 1.45. The van der Waals surface area contributed by atoms with E-state index in [2.05, 4.69) is 0 Å². The minimum atomic E-state index is -0.317. The maximum atomic E-state index is 12.4. The van der Waals surface area contributed by atoms with Crippen LogP contribution in [0.25, 0.3) is 17.0 Å². The summed E-state index contributed by atoms with van der Waals surface area (Å²) in [5.74, 6) is -0.506. The second-order valence-electron chi connectivity index (χ2n) is 5.19. The quantitative estimate of drug-likeness (QED) is 0.508. The van der Waals surface area contributed by atoms with Crippen molar-refractivity contribution in [1.82, 2.24) is 4.57 Å². The van der Waals surface area contributed by atoms with Crippen molar-refractivity contribution in [2.24, 2.45) is 0 Å². The molecule has 122 valence electrons. The zero-order valence-corrected chi connectivity index (χ0v) is 12.8. The van der Waals surface area contributed by atoms with E-state index in [4.69, 9.17) is 4.74 Å². The van der Waals surface area contributed by atoms with Crippen LogP contribution in [0.2, 0.25) is 0 Å². The van der Waals surface area contributed by atoms with Gasteiger partial charge in [-0.2, -0.15) is 0 Å². The van der Waals surface area contributed by atoms with Crippen LogP contribution in [0.4, 0.5) is 0 Å². The first kappa shape index (κ1) is 15.5. The average Bonchev–Trinajstić information content (AvgIpc) is 2.97. The van der Waals surface area contributed by atoms with Gasteiger partial charge in [-0.15, -0.1) is 0 Å². The molecule has 3 aromatic rings. The minimum absolute atomic E-state index is 0.0210. The highest BCUT2D eigenvalue weighted by molar-refractivity contribution is 6.01. The van der Waals surface area contributed by atoms with Gasteiger partial charge < -0.3 is 20.1 Å². The number of aromatic nitrogens is 1. The fourth-order valence-electron chi connectivity index (χ4n) is 2.40. The number of hydrogen-bond donors (Lipinski definition) is 3. The molecular weight excluding hydrogens is 310 g/mol. The molecule has 3 rings (SSSR count). The molecule has 6 heteroatoms. The van der Waals surface area contributed by atoms with Crippen LogP contribution >= 0.6 is 0 Å². The number of phenolic OH excluding ortho intramolecular Hbond substituents is 3. The first-order chi connectivity index (χ1) is 11.5. The van der Waals surface area contributed by atoms with E-state index in [9.17, 15) is 20.1 Å². The van der Waals surface area contributed by atoms with E-state index >= 15 is 0 Å². The van der Waals surface area contributed by atoms with Gasteiger partial charge in [0.15, 0.2) is 23.0 Å². The highest BCUT2D eigenvalue weighted by atomic mass is 16.5. The van der Waals surface area contributed by atoms with Crippen LogP contribution in [0.1, 0.15) is 10.4 Å². The summed E-state index contributed by atoms with van der Waals surface area (Å²) in [6.45, 7) is 0. The number of phenols is 3. The lowest BCUT2D eigenvalue weighted by Crippen LogP contribution is -2.04. The van der Waals surface area contributed by atoms with Crippen molar-refractivity contribution in [1.29, 1.82) is 0 Å². The molecule has 0 saturated heterocycles. The fourth-order valence-corrected chi connectivity index (χ4v) is 2.40. The molecule has 0 aliphatic heterocycles. The van der Waals surface area contributed by atoms with Gasteiger partial charge in [0.2, 0.25) is 0 Å². The van der Waals surface area contributed by atoms with E-state index in [1.54, 1.807) is 30.5 Å². The van der Waals surface area contributed by atoms with E-state index in [1.807, 2.05) is 0 Å². The van der Waals surface area contributed by atoms with Crippen molar-refractivity contribution in [2.45, 2.75) is 0 Å². The fraction of sp³-hybridized carbons (Fsp3) is 0.0556. The molecule has 0 unspecified atom stereocenters. The summed E-state index contributed by atoms with van der Waals surface area (Å²) in [4.78, 5) is 12.4. The molecule has 0 radical (unpaired) electrons. The molecule has 2 aromatic carbocycles. The van der Waals surface area contributed by atoms with Crippen molar-refractivity contribution < 1.29 is 24.9 Å². The molecule has 0 fully saturated rings. The molecule has 0 spiro atoms. The van der Waals surface area contributed by atoms with Crippen molar-refractivity contribution in [3.8, 4) is 23.0 Å². The molecule has 1 aromatic heterocycles. The van der Waals surface area contributed by atoms with Crippen LogP contribution in [-0.4, -0.2) is 32.9 Å². The summed E-state index contributed by atoms with van der Waals surface area (Å²) in [5.41, 5.74) is 1.18. The number of ether oxygens (including phenoxy) is 1. The zero-order valence-electron chi connectivity index (χ0n) is 12.8. The Morgan fingerprint density at radius 2 is 1.79 bits per heavy atom. The highest BCUT2D eigenvalue weighted by Crippen LogP contribution is 2.31. The number of hydrogen-bond acceptors (Lipinski definition) is 5. The van der Waals surface area contributed by atoms with E-state index in [0.717, 1.165) is 0 Å². The zero-order chi connectivity index (χ0) is 17.3. The van der Waals surface area contributed by atoms with Crippen LogP contribution in [-0.2, 0) is 0 Å². The summed E-state index contributed by atoms with van der Waals surface area (Å²) >= 11 is 0. The molecule has 24 heavy (non-hydrogen) atoms. The second kappa shape index (κ2) is 6.00. The van der Waals surface area contributed by atoms with E-state index in [-0.39, 0.29) is 23.2 Å². The van der Waals surface area contributed by atoms with Crippen LogP contribution < -0.4 is 4.74 Å². The largest absolute Gasteiger partial charge is 0.504 e. The number of nitrogens with zero attached hydrogens (tertiary/aromatic N) is 1. The Morgan fingerprint density at radius 1 is 1.04 bits per heavy atom. The van der Waals surface area contributed by atoms with Gasteiger partial charge >= 0.3 is 0 Å². The molecule has 0 amide bonds. The lowest BCUT2D eigenvalue weighted by atomic mass is 10.2. The third kappa shape index (κ3) is 2.77. The Hall–Kier alpha value is -3.41. The van der Waals surface area contributed by atoms with Crippen LogP contribution in [0.5, 0.6) is 23.0 Å². The molecule has 0 aliphatic rings. The first-order valence-electron chi connectivity index (χ1n) is 7.12. The average molecular weight is 325 g/mol. The Kier molecular flexibility index (Phi) is 3.87. The van der Waals surface area contributed by atoms with Gasteiger partial charge in [0.25, 0.3) is 5.91 Å². The summed E-state index contributed by atoms with van der Waals surface area (Å²) in [6, 6.07) is 9.14. The lowest BCUT2D eigenvalue weighted by molar-refractivity contribution is 0.0974. The SMILES string of the molecule is COc1cc(/C=C/C(=O)n2ccc3cc(O)c(O)cc32)ccc1O. The minimum Gasteiger partial charge on any atom is -0.504 e. The Morgan fingerprint density at radius 3 is 2.54 bits per heavy atom. The third-order valence-electron chi connectivity index (χ3n) is 3.65. The lowest BCUT2D eigenvalue weighted by Gasteiger charge is -2.04. The molecule has 6 nitrogen and oxygen atoms in total. The van der Waals surface area contributed by atoms with Crippen LogP contribution in [0, 0.1) is 0 Å². The van der Waals surface area contributed by atoms with E-state index in [1.165, 1.54) is 36.0 Å². The maximum absolute atomic E-state index is 12.4. The predicted molar refractivity (Wildman–Crippen MR) is 89.6 cm³/mol. The molecule has 1 heterocycles. The van der Waals surface area contributed by atoms with Crippen molar-refractivity contribution in [3.63, 3.8) is 0 Å². The predicted octanol–water partition coefficient (Wildman–Crippen LogP) is 3.12. The Bertz CT molecular complexity index is 955. The van der Waals surface area contributed by atoms with Crippen LogP contribution in [0.15, 0.2) is 48.7 Å². The van der Waals surface area contributed by atoms with Gasteiger partial charge in [-0.05, 0) is 35.9 Å². The van der Waals surface area contributed by atoms with E-state index in [0.29, 0.717) is 22.2 Å². The number of allylic oxidation sites excluding steroid dienone is 1. The Labute approximate surface area is 137 Å². The molecule has 0 saturated carbocycles. The Balaban J connectivity index is 1.91. The molecular formula is C18H15NO5. The van der Waals surface area contributed by atoms with Crippen molar-refractivity contribution >= 4 is 22.9 Å². The number of fused-ring (bicyclic) bond motifs is 1. The van der Waals surface area contributed by atoms with Gasteiger partial charge in [0, 0.05) is 23.7 Å². The van der Waals surface area contributed by atoms with Gasteiger partial charge in [-0.3, -0.25) is 9.36 Å². The van der Waals surface area contributed by atoms with Gasteiger partial charge in [-0.1, -0.05) is 6.07 Å². The first-order valence-corrected chi connectivity index (χ1v) is 7.12. The molecule has 3 N–H and O–H groups in total. The van der Waals surface area contributed by atoms with Crippen molar-refractivity contribution in [3.05, 3.63) is 54.2 Å². The summed E-state index contributed by atoms with van der Waals surface area (Å²) in [6.07, 6.45) is 4.53. The number of carbonyl (C=O) groups is 1. The van der Waals surface area contributed by atoms with Crippen LogP contribution in [0.3, 0.4) is 0 Å². The smallest absolute Gasteiger partial charge is 0.255 e. The van der Waals surface area contributed by atoms with Crippen molar-refractivity contribution in [2.75, 3.05) is 7.11 Å². The standard InChI is InChI=1S/C18H15NO5/c1-24-17-8-11(2-4-14(17)20)3-5-18(23)19-7-6-12-9-15(21)16(22)10-13(12)19/h2-10,20-22H,1H3/b5-3+. The third-order valence-corrected chi connectivity index (χ3v) is 3.65. The van der Waals surface area contributed by atoms with Gasteiger partial charge in [0.1, 0.15) is 0 Å². The maximum Gasteiger partial charge on any atom is 0.255 e. The summed E-state index contributed by atoms with van der Waals surface area (Å²) < 4.78 is 6.38. The number of benzene rings is 2. The normalized spacial score (nSPS) is 11.2. The van der Waals surface area contributed by atoms with Gasteiger partial charge in [0.05, 0.1) is 12.6 Å². The summed E-state index contributed by atoms with van der Waals surface area (Å²) in [5, 5.41) is 29.3. The molecule has 0 atom stereocenters. The topological polar surface area (TPSA) is 91.9 Å². The van der Waals surface area contributed by atoms with E-state index < -0.39 is 0 Å². The number of rotatable bonds is 3. The second-order valence-corrected chi connectivity index (χ2v) is 5.19. The van der Waals surface area contributed by atoms with Gasteiger partial charge in [-0.25, -0.2) is 0 Å². The monoisotopic (exact) mass is 325 g/mol. The number of methoxy groups -OCH3 is 1. The number of aromatic hydroxyl groups is 3. The number of carbonyl (C=O) groups excluding carboxylic acids is 1. The molecule has 0 bridgehead atoms. The molecule has 0 aliphatic carbocycles.